The van der Waals surface area contributed by atoms with E-state index in [1.807, 2.05) is 0 Å². The Morgan fingerprint density at radius 1 is 1.29 bits per heavy atom. The summed E-state index contributed by atoms with van der Waals surface area (Å²) in [4.78, 5) is 22.2. The van der Waals surface area contributed by atoms with Gasteiger partial charge < -0.3 is 15.2 Å². The lowest BCUT2D eigenvalue weighted by Crippen LogP contribution is -2.08. The molecule has 17 heavy (non-hydrogen) atoms. The molecule has 2 N–H and O–H groups in total. The maximum absolute atomic E-state index is 11.5. The second-order valence-electron chi connectivity index (χ2n) is 3.47. The molecular formula is C12H15NO4. The van der Waals surface area contributed by atoms with Crippen molar-refractivity contribution in [1.29, 1.82) is 0 Å². The zero-order chi connectivity index (χ0) is 12.7. The molecule has 0 heterocycles. The van der Waals surface area contributed by atoms with Crippen LogP contribution < -0.4 is 5.32 Å². The van der Waals surface area contributed by atoms with Crippen molar-refractivity contribution < 1.29 is 19.4 Å². The van der Waals surface area contributed by atoms with Gasteiger partial charge in [-0.2, -0.15) is 0 Å². The molecule has 1 aromatic rings. The second-order valence-corrected chi connectivity index (χ2v) is 3.47. The summed E-state index contributed by atoms with van der Waals surface area (Å²) in [5, 5.41) is 11.1. The normalized spacial score (nSPS) is 9.76. The van der Waals surface area contributed by atoms with Crippen LogP contribution in [-0.4, -0.2) is 30.2 Å². The zero-order valence-electron chi connectivity index (χ0n) is 9.60. The number of nitrogens with one attached hydrogen (secondary N) is 1. The minimum Gasteiger partial charge on any atom is -0.462 e. The van der Waals surface area contributed by atoms with E-state index in [9.17, 15) is 9.59 Å². The van der Waals surface area contributed by atoms with Crippen LogP contribution in [0, 0.1) is 0 Å². The molecule has 0 aliphatic heterocycles. The minimum absolute atomic E-state index is 0.00521. The van der Waals surface area contributed by atoms with Crippen molar-refractivity contribution >= 4 is 17.6 Å². The summed E-state index contributed by atoms with van der Waals surface area (Å²) in [5.41, 5.74) is 1.04. The van der Waals surface area contributed by atoms with E-state index in [0.29, 0.717) is 17.7 Å². The van der Waals surface area contributed by atoms with Gasteiger partial charge >= 0.3 is 5.97 Å². The average Bonchev–Trinajstić information content (AvgIpc) is 2.29. The molecular weight excluding hydrogens is 222 g/mol. The lowest BCUT2D eigenvalue weighted by atomic mass is 10.2. The zero-order valence-corrected chi connectivity index (χ0v) is 9.60. The van der Waals surface area contributed by atoms with Crippen molar-refractivity contribution in [2.75, 3.05) is 18.5 Å². The van der Waals surface area contributed by atoms with Gasteiger partial charge in [0.1, 0.15) is 0 Å². The van der Waals surface area contributed by atoms with Gasteiger partial charge in [-0.1, -0.05) is 0 Å². The summed E-state index contributed by atoms with van der Waals surface area (Å²) in [6.07, 6.45) is 0.426. The molecule has 0 aliphatic carbocycles. The number of ether oxygens (including phenoxy) is 1. The minimum atomic E-state index is -0.437. The summed E-state index contributed by atoms with van der Waals surface area (Å²) in [7, 11) is 0. The molecule has 92 valence electrons. The molecule has 1 aromatic carbocycles. The fraction of sp³-hybridized carbons (Fsp3) is 0.333. The lowest BCUT2D eigenvalue weighted by molar-refractivity contribution is -0.114. The van der Waals surface area contributed by atoms with E-state index in [-0.39, 0.29) is 19.1 Å². The van der Waals surface area contributed by atoms with Crippen LogP contribution in [0.2, 0.25) is 0 Å². The number of rotatable bonds is 5. The van der Waals surface area contributed by atoms with Crippen LogP contribution in [0.1, 0.15) is 23.7 Å². The number of aliphatic hydroxyl groups is 1. The van der Waals surface area contributed by atoms with Gasteiger partial charge in [-0.3, -0.25) is 4.79 Å². The Hall–Kier alpha value is -1.88. The van der Waals surface area contributed by atoms with Crippen LogP contribution >= 0.6 is 0 Å². The largest absolute Gasteiger partial charge is 0.462 e. The molecule has 0 radical (unpaired) electrons. The molecule has 0 unspecified atom stereocenters. The number of hydrogen-bond acceptors (Lipinski definition) is 4. The number of amides is 1. The number of esters is 1. The van der Waals surface area contributed by atoms with Gasteiger partial charge in [0.2, 0.25) is 5.91 Å². The van der Waals surface area contributed by atoms with Crippen LogP contribution in [0.15, 0.2) is 24.3 Å². The van der Waals surface area contributed by atoms with E-state index < -0.39 is 5.97 Å². The molecule has 5 heteroatoms. The SMILES string of the molecule is CC(=O)Nc1ccc(C(=O)OCCCO)cc1. The predicted octanol–water partition coefficient (Wildman–Crippen LogP) is 1.18. The molecule has 0 atom stereocenters. The molecule has 0 fully saturated rings. The first-order valence-corrected chi connectivity index (χ1v) is 5.29. The molecule has 0 aliphatic rings. The molecule has 1 rings (SSSR count). The summed E-state index contributed by atoms with van der Waals surface area (Å²) < 4.78 is 4.90. The van der Waals surface area contributed by atoms with Crippen LogP contribution in [0.5, 0.6) is 0 Å². The fourth-order valence-corrected chi connectivity index (χ4v) is 1.21. The van der Waals surface area contributed by atoms with Gasteiger partial charge in [0.25, 0.3) is 0 Å². The summed E-state index contributed by atoms with van der Waals surface area (Å²) in [6.45, 7) is 1.61. The first-order valence-electron chi connectivity index (χ1n) is 5.29. The summed E-state index contributed by atoms with van der Waals surface area (Å²) >= 11 is 0. The highest BCUT2D eigenvalue weighted by molar-refractivity contribution is 5.92. The van der Waals surface area contributed by atoms with Crippen molar-refractivity contribution in [3.8, 4) is 0 Å². The van der Waals surface area contributed by atoms with E-state index in [4.69, 9.17) is 9.84 Å². The number of anilines is 1. The molecule has 0 saturated carbocycles. The number of aliphatic hydroxyl groups excluding tert-OH is 1. The van der Waals surface area contributed by atoms with E-state index in [0.717, 1.165) is 0 Å². The molecule has 0 saturated heterocycles. The maximum Gasteiger partial charge on any atom is 0.338 e. The Kier molecular flexibility index (Phi) is 5.16. The first-order chi connectivity index (χ1) is 8.13. The van der Waals surface area contributed by atoms with Crippen molar-refractivity contribution in [2.24, 2.45) is 0 Å². The van der Waals surface area contributed by atoms with Gasteiger partial charge in [0.05, 0.1) is 12.2 Å². The smallest absolute Gasteiger partial charge is 0.338 e. The topological polar surface area (TPSA) is 75.6 Å². The van der Waals surface area contributed by atoms with Crippen molar-refractivity contribution in [1.82, 2.24) is 0 Å². The average molecular weight is 237 g/mol. The Morgan fingerprint density at radius 3 is 2.47 bits per heavy atom. The van der Waals surface area contributed by atoms with Gasteiger partial charge in [-0.05, 0) is 24.3 Å². The summed E-state index contributed by atoms with van der Waals surface area (Å²) in [5.74, 6) is -0.601. The molecule has 5 nitrogen and oxygen atoms in total. The summed E-state index contributed by atoms with van der Waals surface area (Å²) in [6, 6.07) is 6.41. The van der Waals surface area contributed by atoms with Crippen molar-refractivity contribution in [3.63, 3.8) is 0 Å². The fourth-order valence-electron chi connectivity index (χ4n) is 1.21. The van der Waals surface area contributed by atoms with Gasteiger partial charge in [0.15, 0.2) is 0 Å². The molecule has 1 amide bonds. The number of carbonyl (C=O) groups is 2. The monoisotopic (exact) mass is 237 g/mol. The van der Waals surface area contributed by atoms with E-state index in [1.54, 1.807) is 24.3 Å². The van der Waals surface area contributed by atoms with Crippen LogP contribution in [0.25, 0.3) is 0 Å². The van der Waals surface area contributed by atoms with E-state index in [2.05, 4.69) is 5.32 Å². The van der Waals surface area contributed by atoms with Crippen molar-refractivity contribution in [2.45, 2.75) is 13.3 Å². The Morgan fingerprint density at radius 2 is 1.94 bits per heavy atom. The Bertz CT molecular complexity index is 386. The highest BCUT2D eigenvalue weighted by Crippen LogP contribution is 2.10. The number of benzene rings is 1. The third-order valence-electron chi connectivity index (χ3n) is 1.98. The molecule has 0 aromatic heterocycles. The molecule has 0 bridgehead atoms. The predicted molar refractivity (Wildman–Crippen MR) is 62.7 cm³/mol. The van der Waals surface area contributed by atoms with Crippen LogP contribution in [0.3, 0.4) is 0 Å². The Labute approximate surface area is 99.4 Å². The second kappa shape index (κ2) is 6.65. The van der Waals surface area contributed by atoms with Crippen LogP contribution in [0.4, 0.5) is 5.69 Å². The third kappa shape index (κ3) is 4.65. The number of hydrogen-bond donors (Lipinski definition) is 2. The third-order valence-corrected chi connectivity index (χ3v) is 1.98. The van der Waals surface area contributed by atoms with Gasteiger partial charge in [0, 0.05) is 25.6 Å². The van der Waals surface area contributed by atoms with Crippen molar-refractivity contribution in [3.05, 3.63) is 29.8 Å². The standard InChI is InChI=1S/C12H15NO4/c1-9(15)13-11-5-3-10(4-6-11)12(16)17-8-2-7-14/h3-6,14H,2,7-8H2,1H3,(H,13,15). The quantitative estimate of drug-likeness (QED) is 0.595. The highest BCUT2D eigenvalue weighted by atomic mass is 16.5. The first kappa shape index (κ1) is 13.2. The maximum atomic E-state index is 11.5. The Balaban J connectivity index is 2.54. The lowest BCUT2D eigenvalue weighted by Gasteiger charge is -2.05. The molecule has 0 spiro atoms. The van der Waals surface area contributed by atoms with Gasteiger partial charge in [-0.25, -0.2) is 4.79 Å². The van der Waals surface area contributed by atoms with E-state index >= 15 is 0 Å². The van der Waals surface area contributed by atoms with E-state index in [1.165, 1.54) is 6.92 Å². The van der Waals surface area contributed by atoms with Crippen LogP contribution in [-0.2, 0) is 9.53 Å². The highest BCUT2D eigenvalue weighted by Gasteiger charge is 2.06. The van der Waals surface area contributed by atoms with Gasteiger partial charge in [-0.15, -0.1) is 0 Å². The number of carbonyl (C=O) groups excluding carboxylic acids is 2.